The zero-order valence-electron chi connectivity index (χ0n) is 9.21. The zero-order chi connectivity index (χ0) is 11.5. The topological polar surface area (TPSA) is 50.9 Å². The highest BCUT2D eigenvalue weighted by Crippen LogP contribution is 2.28. The largest absolute Gasteiger partial charge is 0.390 e. The van der Waals surface area contributed by atoms with E-state index in [1.807, 2.05) is 30.8 Å². The minimum atomic E-state index is 0.0133. The van der Waals surface area contributed by atoms with E-state index in [9.17, 15) is 0 Å². The molecular formula is C11H13N3OS. The van der Waals surface area contributed by atoms with Crippen molar-refractivity contribution in [1.29, 1.82) is 0 Å². The van der Waals surface area contributed by atoms with E-state index in [1.165, 1.54) is 0 Å². The predicted octanol–water partition coefficient (Wildman–Crippen LogP) is 1.77. The monoisotopic (exact) mass is 235 g/mol. The molecule has 2 aromatic rings. The van der Waals surface area contributed by atoms with Crippen LogP contribution in [0.3, 0.4) is 0 Å². The van der Waals surface area contributed by atoms with Crippen LogP contribution in [0.5, 0.6) is 0 Å². The van der Waals surface area contributed by atoms with Crippen LogP contribution in [0.1, 0.15) is 11.3 Å². The van der Waals surface area contributed by atoms with Gasteiger partial charge in [-0.3, -0.25) is 4.98 Å². The molecule has 0 spiro atoms. The molecule has 0 amide bonds. The molecule has 0 bridgehead atoms. The predicted molar refractivity (Wildman–Crippen MR) is 62.2 cm³/mol. The highest BCUT2D eigenvalue weighted by atomic mass is 32.2. The second-order valence-corrected chi connectivity index (χ2v) is 4.50. The Hall–Kier alpha value is -1.33. The van der Waals surface area contributed by atoms with Crippen molar-refractivity contribution in [3.8, 4) is 0 Å². The van der Waals surface area contributed by atoms with Gasteiger partial charge in [-0.05, 0) is 18.6 Å². The van der Waals surface area contributed by atoms with Gasteiger partial charge in [-0.25, -0.2) is 4.98 Å². The number of pyridine rings is 1. The minimum Gasteiger partial charge on any atom is -0.390 e. The fourth-order valence-corrected chi connectivity index (χ4v) is 2.24. The zero-order valence-corrected chi connectivity index (χ0v) is 10.0. The smallest absolute Gasteiger partial charge is 0.172 e. The molecule has 0 unspecified atom stereocenters. The number of aryl methyl sites for hydroxylation is 1. The Labute approximate surface area is 98.4 Å². The maximum Gasteiger partial charge on any atom is 0.172 e. The molecule has 5 heteroatoms. The van der Waals surface area contributed by atoms with Crippen molar-refractivity contribution in [2.45, 2.75) is 23.6 Å². The van der Waals surface area contributed by atoms with Gasteiger partial charge in [0, 0.05) is 24.3 Å². The number of hydrogen-bond acceptors (Lipinski definition) is 4. The molecule has 2 heterocycles. The van der Waals surface area contributed by atoms with Crippen LogP contribution in [0.15, 0.2) is 34.7 Å². The van der Waals surface area contributed by atoms with Gasteiger partial charge >= 0.3 is 0 Å². The number of nitrogens with zero attached hydrogens (tertiary/aromatic N) is 3. The Kier molecular flexibility index (Phi) is 3.26. The van der Waals surface area contributed by atoms with Crippen LogP contribution in [-0.2, 0) is 13.7 Å². The Balaban J connectivity index is 2.27. The van der Waals surface area contributed by atoms with Crippen molar-refractivity contribution in [2.75, 3.05) is 0 Å². The maximum atomic E-state index is 9.07. The Morgan fingerprint density at radius 1 is 1.44 bits per heavy atom. The maximum absolute atomic E-state index is 9.07. The molecule has 16 heavy (non-hydrogen) atoms. The third-order valence-corrected chi connectivity index (χ3v) is 3.61. The molecule has 0 fully saturated rings. The molecule has 4 nitrogen and oxygen atoms in total. The van der Waals surface area contributed by atoms with Gasteiger partial charge in [0.1, 0.15) is 0 Å². The van der Waals surface area contributed by atoms with E-state index in [2.05, 4.69) is 9.97 Å². The highest BCUT2D eigenvalue weighted by molar-refractivity contribution is 7.99. The second kappa shape index (κ2) is 4.67. The van der Waals surface area contributed by atoms with Gasteiger partial charge in [0.2, 0.25) is 0 Å². The first-order chi connectivity index (χ1) is 7.72. The van der Waals surface area contributed by atoms with Crippen LogP contribution < -0.4 is 0 Å². The summed E-state index contributed by atoms with van der Waals surface area (Å²) in [6, 6.07) is 1.97. The summed E-state index contributed by atoms with van der Waals surface area (Å²) in [7, 11) is 1.90. The molecule has 0 aliphatic heterocycles. The summed E-state index contributed by atoms with van der Waals surface area (Å²) in [4.78, 5) is 9.45. The van der Waals surface area contributed by atoms with E-state index in [0.29, 0.717) is 0 Å². The molecule has 84 valence electrons. The van der Waals surface area contributed by atoms with Gasteiger partial charge in [-0.2, -0.15) is 0 Å². The van der Waals surface area contributed by atoms with Gasteiger partial charge < -0.3 is 9.67 Å². The summed E-state index contributed by atoms with van der Waals surface area (Å²) in [6.07, 6.45) is 5.29. The third kappa shape index (κ3) is 2.10. The number of rotatable bonds is 3. The normalized spacial score (nSPS) is 10.7. The van der Waals surface area contributed by atoms with Crippen molar-refractivity contribution in [3.63, 3.8) is 0 Å². The Morgan fingerprint density at radius 3 is 2.88 bits per heavy atom. The van der Waals surface area contributed by atoms with Crippen molar-refractivity contribution < 1.29 is 5.11 Å². The second-order valence-electron chi connectivity index (χ2n) is 3.49. The van der Waals surface area contributed by atoms with Crippen LogP contribution >= 0.6 is 11.8 Å². The summed E-state index contributed by atoms with van der Waals surface area (Å²) >= 11 is 1.58. The van der Waals surface area contributed by atoms with Crippen molar-refractivity contribution in [2.24, 2.45) is 7.05 Å². The summed E-state index contributed by atoms with van der Waals surface area (Å²) < 4.78 is 1.89. The summed E-state index contributed by atoms with van der Waals surface area (Å²) in [6.45, 7) is 2.03. The highest BCUT2D eigenvalue weighted by Gasteiger charge is 2.08. The number of aliphatic hydroxyl groups is 1. The quantitative estimate of drug-likeness (QED) is 0.881. The summed E-state index contributed by atoms with van der Waals surface area (Å²) in [5.41, 5.74) is 1.94. The van der Waals surface area contributed by atoms with Crippen LogP contribution in [-0.4, -0.2) is 19.6 Å². The minimum absolute atomic E-state index is 0.0133. The number of imidazole rings is 1. The first-order valence-electron chi connectivity index (χ1n) is 4.92. The van der Waals surface area contributed by atoms with E-state index in [0.717, 1.165) is 21.3 Å². The Bertz CT molecular complexity index is 496. The van der Waals surface area contributed by atoms with Crippen molar-refractivity contribution in [3.05, 3.63) is 35.9 Å². The van der Waals surface area contributed by atoms with Gasteiger partial charge in [-0.1, -0.05) is 11.8 Å². The molecule has 0 aromatic carbocycles. The van der Waals surface area contributed by atoms with Gasteiger partial charge in [0.05, 0.1) is 18.5 Å². The average Bonchev–Trinajstić information content (AvgIpc) is 2.63. The van der Waals surface area contributed by atoms with E-state index in [1.54, 1.807) is 24.2 Å². The van der Waals surface area contributed by atoms with Crippen LogP contribution in [0.2, 0.25) is 0 Å². The summed E-state index contributed by atoms with van der Waals surface area (Å²) in [5.74, 6) is 0. The fraction of sp³-hybridized carbons (Fsp3) is 0.273. The standard InChI is InChI=1S/C11H13N3OS/c1-8-5-12-4-3-10(8)16-11-13-6-9(7-15)14(11)2/h3-6,15H,7H2,1-2H3. The van der Waals surface area contributed by atoms with E-state index in [-0.39, 0.29) is 6.61 Å². The van der Waals surface area contributed by atoms with Gasteiger partial charge in [-0.15, -0.1) is 0 Å². The first-order valence-corrected chi connectivity index (χ1v) is 5.74. The summed E-state index contributed by atoms with van der Waals surface area (Å²) in [5, 5.41) is 9.95. The van der Waals surface area contributed by atoms with Gasteiger partial charge in [0.25, 0.3) is 0 Å². The van der Waals surface area contributed by atoms with Crippen LogP contribution in [0.25, 0.3) is 0 Å². The Morgan fingerprint density at radius 2 is 2.25 bits per heavy atom. The molecule has 0 aliphatic carbocycles. The SMILES string of the molecule is Cc1cnccc1Sc1ncc(CO)n1C. The van der Waals surface area contributed by atoms with Gasteiger partial charge in [0.15, 0.2) is 5.16 Å². The van der Waals surface area contributed by atoms with Crippen molar-refractivity contribution in [1.82, 2.24) is 14.5 Å². The lowest BCUT2D eigenvalue weighted by molar-refractivity contribution is 0.271. The lowest BCUT2D eigenvalue weighted by Gasteiger charge is -2.05. The first kappa shape index (κ1) is 11.2. The third-order valence-electron chi connectivity index (χ3n) is 2.37. The fourth-order valence-electron chi connectivity index (χ4n) is 1.34. The lowest BCUT2D eigenvalue weighted by Crippen LogP contribution is -1.97. The van der Waals surface area contributed by atoms with Crippen molar-refractivity contribution >= 4 is 11.8 Å². The van der Waals surface area contributed by atoms with Crippen LogP contribution in [0, 0.1) is 6.92 Å². The molecule has 1 N–H and O–H groups in total. The molecule has 0 atom stereocenters. The molecule has 0 saturated heterocycles. The molecule has 0 saturated carbocycles. The van der Waals surface area contributed by atoms with E-state index >= 15 is 0 Å². The average molecular weight is 235 g/mol. The molecule has 0 radical (unpaired) electrons. The molecular weight excluding hydrogens is 222 g/mol. The van der Waals surface area contributed by atoms with E-state index < -0.39 is 0 Å². The number of aliphatic hydroxyl groups excluding tert-OH is 1. The van der Waals surface area contributed by atoms with Crippen LogP contribution in [0.4, 0.5) is 0 Å². The molecule has 2 aromatic heterocycles. The van der Waals surface area contributed by atoms with E-state index in [4.69, 9.17) is 5.11 Å². The number of aromatic nitrogens is 3. The lowest BCUT2D eigenvalue weighted by atomic mass is 10.3. The molecule has 2 rings (SSSR count). The molecule has 0 aliphatic rings. The number of hydrogen-bond donors (Lipinski definition) is 1.